The van der Waals surface area contributed by atoms with Gasteiger partial charge in [0.1, 0.15) is 5.82 Å². The Balaban J connectivity index is 1.57. The number of fused-ring (bicyclic) bond motifs is 1. The number of carbonyl (C=O) groups is 1. The first-order chi connectivity index (χ1) is 16.0. The third kappa shape index (κ3) is 4.07. The number of Topliss-reactive ketones (excluding diaryl/α,β-unsaturated/α-hetero) is 1. The van der Waals surface area contributed by atoms with E-state index in [9.17, 15) is 19.7 Å². The molecule has 0 amide bonds. The number of H-pyrrole nitrogens is 1. The van der Waals surface area contributed by atoms with Crippen LogP contribution in [0.1, 0.15) is 41.9 Å². The predicted octanol–water partition coefficient (Wildman–Crippen LogP) is 4.53. The number of ketones is 1. The summed E-state index contributed by atoms with van der Waals surface area (Å²) in [5.74, 6) is 0.459. The summed E-state index contributed by atoms with van der Waals surface area (Å²) in [4.78, 5) is 44.3. The van der Waals surface area contributed by atoms with Crippen LogP contribution in [0.5, 0.6) is 0 Å². The first kappa shape index (κ1) is 21.1. The Bertz CT molecular complexity index is 1330. The molecule has 0 fully saturated rings. The van der Waals surface area contributed by atoms with E-state index < -0.39 is 10.8 Å². The molecule has 0 spiro atoms. The molecule has 0 bridgehead atoms. The van der Waals surface area contributed by atoms with E-state index >= 15 is 0 Å². The number of nitro benzene ring substituents is 1. The average molecular weight is 461 g/mol. The predicted molar refractivity (Wildman–Crippen MR) is 125 cm³/mol. The molecule has 9 heteroatoms. The quantitative estimate of drug-likeness (QED) is 0.248. The van der Waals surface area contributed by atoms with Crippen molar-refractivity contribution in [1.82, 2.24) is 9.97 Å². The average Bonchev–Trinajstić information content (AvgIpc) is 2.82. The lowest BCUT2D eigenvalue weighted by molar-refractivity contribution is -0.384. The van der Waals surface area contributed by atoms with Gasteiger partial charge in [-0.05, 0) is 24.0 Å². The molecule has 33 heavy (non-hydrogen) atoms. The first-order valence-corrected chi connectivity index (χ1v) is 11.6. The first-order valence-electron chi connectivity index (χ1n) is 10.6. The van der Waals surface area contributed by atoms with Crippen LogP contribution < -0.4 is 10.9 Å². The van der Waals surface area contributed by atoms with Gasteiger partial charge in [-0.1, -0.05) is 54.2 Å². The summed E-state index contributed by atoms with van der Waals surface area (Å²) >= 11 is 1.43. The number of nitrogens with one attached hydrogen (secondary N) is 2. The van der Waals surface area contributed by atoms with Gasteiger partial charge in [-0.15, -0.1) is 0 Å². The number of aromatic amines is 1. The van der Waals surface area contributed by atoms with Crippen LogP contribution in [0.15, 0.2) is 75.8 Å². The molecule has 1 aromatic heterocycles. The van der Waals surface area contributed by atoms with Gasteiger partial charge in [0.05, 0.1) is 10.5 Å². The fraction of sp³-hybridized carbons (Fsp3) is 0.208. The third-order valence-corrected chi connectivity index (χ3v) is 6.84. The maximum absolute atomic E-state index is 13.2. The van der Waals surface area contributed by atoms with Crippen LogP contribution >= 0.6 is 11.8 Å². The molecule has 0 saturated carbocycles. The van der Waals surface area contributed by atoms with Crippen LogP contribution in [0.2, 0.25) is 0 Å². The van der Waals surface area contributed by atoms with Crippen LogP contribution in [-0.2, 0) is 10.5 Å². The highest BCUT2D eigenvalue weighted by Gasteiger charge is 2.38. The number of nitro groups is 1. The van der Waals surface area contributed by atoms with Crippen LogP contribution in [0, 0.1) is 10.1 Å². The Morgan fingerprint density at radius 2 is 1.82 bits per heavy atom. The summed E-state index contributed by atoms with van der Waals surface area (Å²) in [6.45, 7) is 0. The number of thioether (sulfide) groups is 1. The largest absolute Gasteiger partial charge is 0.343 e. The monoisotopic (exact) mass is 460 g/mol. The third-order valence-electron chi connectivity index (χ3n) is 5.89. The minimum atomic E-state index is -0.616. The van der Waals surface area contributed by atoms with Crippen molar-refractivity contribution in [2.45, 2.75) is 36.1 Å². The Morgan fingerprint density at radius 1 is 1.06 bits per heavy atom. The number of nitrogens with zero attached hydrogens (tertiary/aromatic N) is 2. The molecule has 1 atom stereocenters. The smallest absolute Gasteiger partial charge is 0.269 e. The Morgan fingerprint density at radius 3 is 2.55 bits per heavy atom. The molecule has 166 valence electrons. The number of hydrogen-bond donors (Lipinski definition) is 2. The lowest BCUT2D eigenvalue weighted by Gasteiger charge is -2.32. The van der Waals surface area contributed by atoms with E-state index in [0.29, 0.717) is 46.3 Å². The van der Waals surface area contributed by atoms with Crippen LogP contribution in [0.3, 0.4) is 0 Å². The van der Waals surface area contributed by atoms with Gasteiger partial charge >= 0.3 is 0 Å². The van der Waals surface area contributed by atoms with Gasteiger partial charge in [0, 0.05) is 41.5 Å². The number of rotatable bonds is 5. The SMILES string of the molecule is O=C1CCCC2=C1[C@@H](c1ccc([N+](=O)[O-])cc1)c1c(nc(SCc3ccccc3)[nH]c1=O)N2. The second kappa shape index (κ2) is 8.67. The molecule has 0 unspecified atom stereocenters. The van der Waals surface area contributed by atoms with E-state index in [-0.39, 0.29) is 17.0 Å². The molecule has 2 N–H and O–H groups in total. The van der Waals surface area contributed by atoms with Crippen molar-refractivity contribution in [1.29, 1.82) is 0 Å². The number of anilines is 1. The van der Waals surface area contributed by atoms with E-state index in [4.69, 9.17) is 0 Å². The Kier molecular flexibility index (Phi) is 5.55. The summed E-state index contributed by atoms with van der Waals surface area (Å²) in [6, 6.07) is 15.9. The van der Waals surface area contributed by atoms with Crippen molar-refractivity contribution in [3.8, 4) is 0 Å². The van der Waals surface area contributed by atoms with Crippen molar-refractivity contribution in [3.63, 3.8) is 0 Å². The van der Waals surface area contributed by atoms with Crippen molar-refractivity contribution >= 4 is 29.1 Å². The lowest BCUT2D eigenvalue weighted by Crippen LogP contribution is -2.32. The van der Waals surface area contributed by atoms with Gasteiger partial charge in [0.2, 0.25) is 0 Å². The molecule has 0 radical (unpaired) electrons. The van der Waals surface area contributed by atoms with Gasteiger partial charge in [-0.3, -0.25) is 19.7 Å². The fourth-order valence-corrected chi connectivity index (χ4v) is 5.17. The topological polar surface area (TPSA) is 118 Å². The second-order valence-corrected chi connectivity index (χ2v) is 8.95. The molecular weight excluding hydrogens is 440 g/mol. The summed E-state index contributed by atoms with van der Waals surface area (Å²) in [6.07, 6.45) is 1.83. The van der Waals surface area contributed by atoms with Crippen LogP contribution in [-0.4, -0.2) is 20.7 Å². The molecule has 2 heterocycles. The van der Waals surface area contributed by atoms with Gasteiger partial charge in [0.25, 0.3) is 11.2 Å². The number of non-ortho nitro benzene ring substituents is 1. The van der Waals surface area contributed by atoms with Gasteiger partial charge in [-0.2, -0.15) is 0 Å². The van der Waals surface area contributed by atoms with Crippen LogP contribution in [0.25, 0.3) is 0 Å². The zero-order valence-corrected chi connectivity index (χ0v) is 18.4. The Hall–Kier alpha value is -3.72. The standard InChI is InChI=1S/C24H20N4O4S/c29-18-8-4-7-17-20(18)19(15-9-11-16(12-10-15)28(31)32)21-22(25-17)26-24(27-23(21)30)33-13-14-5-2-1-3-6-14/h1-3,5-6,9-12,19H,4,7-8,13H2,(H2,25,26,27,30)/t19-/m1/s1. The molecule has 5 rings (SSSR count). The molecular formula is C24H20N4O4S. The zero-order chi connectivity index (χ0) is 22.9. The highest BCUT2D eigenvalue weighted by molar-refractivity contribution is 7.98. The number of hydrogen-bond acceptors (Lipinski definition) is 7. The second-order valence-electron chi connectivity index (χ2n) is 7.98. The number of allylic oxidation sites excluding steroid dienone is 2. The minimum absolute atomic E-state index is 0.0142. The highest BCUT2D eigenvalue weighted by Crippen LogP contribution is 2.43. The van der Waals surface area contributed by atoms with E-state index in [0.717, 1.165) is 17.7 Å². The number of carbonyl (C=O) groups excluding carboxylic acids is 1. The van der Waals surface area contributed by atoms with Crippen LogP contribution in [0.4, 0.5) is 11.5 Å². The summed E-state index contributed by atoms with van der Waals surface area (Å²) in [5.41, 5.74) is 3.10. The van der Waals surface area contributed by atoms with Gasteiger partial charge < -0.3 is 10.3 Å². The number of aromatic nitrogens is 2. The summed E-state index contributed by atoms with van der Waals surface area (Å²) < 4.78 is 0. The molecule has 1 aliphatic heterocycles. The van der Waals surface area contributed by atoms with Crippen molar-refractivity contribution in [2.24, 2.45) is 0 Å². The normalized spacial score (nSPS) is 17.2. The molecule has 3 aromatic rings. The Labute approximate surface area is 193 Å². The van der Waals surface area contributed by atoms with Gasteiger partial charge in [0.15, 0.2) is 10.9 Å². The maximum atomic E-state index is 13.2. The van der Waals surface area contributed by atoms with E-state index in [1.165, 1.54) is 23.9 Å². The van der Waals surface area contributed by atoms with Crippen molar-refractivity contribution in [2.75, 3.05) is 5.32 Å². The summed E-state index contributed by atoms with van der Waals surface area (Å²) in [5, 5.41) is 14.8. The van der Waals surface area contributed by atoms with E-state index in [1.807, 2.05) is 30.3 Å². The lowest BCUT2D eigenvalue weighted by atomic mass is 9.76. The fourth-order valence-electron chi connectivity index (χ4n) is 4.36. The van der Waals surface area contributed by atoms with Crippen molar-refractivity contribution in [3.05, 3.63) is 103 Å². The van der Waals surface area contributed by atoms with Crippen molar-refractivity contribution < 1.29 is 9.72 Å². The molecule has 0 saturated heterocycles. The number of benzene rings is 2. The van der Waals surface area contributed by atoms with Gasteiger partial charge in [-0.25, -0.2) is 4.98 Å². The molecule has 2 aliphatic rings. The van der Waals surface area contributed by atoms with E-state index in [2.05, 4.69) is 15.3 Å². The maximum Gasteiger partial charge on any atom is 0.269 e. The molecule has 2 aromatic carbocycles. The molecule has 1 aliphatic carbocycles. The highest BCUT2D eigenvalue weighted by atomic mass is 32.2. The minimum Gasteiger partial charge on any atom is -0.343 e. The summed E-state index contributed by atoms with van der Waals surface area (Å²) in [7, 11) is 0. The molecule has 8 nitrogen and oxygen atoms in total. The van der Waals surface area contributed by atoms with E-state index in [1.54, 1.807) is 12.1 Å². The zero-order valence-electron chi connectivity index (χ0n) is 17.5.